The number of hydrogen-bond acceptors (Lipinski definition) is 3. The minimum atomic E-state index is -0.0579. The van der Waals surface area contributed by atoms with Gasteiger partial charge in [-0.05, 0) is 0 Å². The predicted molar refractivity (Wildman–Crippen MR) is 39.4 cm³/mol. The summed E-state index contributed by atoms with van der Waals surface area (Å²) in [4.78, 5) is 11.0. The number of hydrogen-bond donors (Lipinski definition) is 2. The van der Waals surface area contributed by atoms with E-state index in [-0.39, 0.29) is 11.8 Å². The molecule has 1 saturated heterocycles. The molecule has 1 aliphatic heterocycles. The van der Waals surface area contributed by atoms with Crippen LogP contribution >= 0.6 is 0 Å². The summed E-state index contributed by atoms with van der Waals surface area (Å²) in [5, 5.41) is 3.05. The van der Waals surface area contributed by atoms with Crippen LogP contribution in [0.15, 0.2) is 12.3 Å². The van der Waals surface area contributed by atoms with Gasteiger partial charge in [0, 0.05) is 25.1 Å². The number of rotatable bonds is 2. The molecule has 0 spiro atoms. The number of nitrogens with one attached hydrogen (secondary N) is 1. The molecular formula is C7H12N2O. The highest BCUT2D eigenvalue weighted by atomic mass is 16.1. The summed E-state index contributed by atoms with van der Waals surface area (Å²) in [5.74, 6) is 0.256. The molecule has 0 aromatic carbocycles. The molecular weight excluding hydrogens is 128 g/mol. The zero-order valence-electron chi connectivity index (χ0n) is 5.89. The van der Waals surface area contributed by atoms with Gasteiger partial charge in [0.1, 0.15) is 0 Å². The zero-order valence-corrected chi connectivity index (χ0v) is 5.89. The highest BCUT2D eigenvalue weighted by Crippen LogP contribution is 2.06. The second-order valence-electron chi connectivity index (χ2n) is 2.59. The molecule has 1 atom stereocenters. The van der Waals surface area contributed by atoms with Crippen LogP contribution in [0.4, 0.5) is 0 Å². The van der Waals surface area contributed by atoms with Crippen LogP contribution < -0.4 is 11.1 Å². The van der Waals surface area contributed by atoms with E-state index >= 15 is 0 Å². The number of ketones is 1. The predicted octanol–water partition coefficient (Wildman–Crippen LogP) is -0.220. The van der Waals surface area contributed by atoms with Crippen molar-refractivity contribution >= 4 is 5.78 Å². The second-order valence-corrected chi connectivity index (χ2v) is 2.59. The van der Waals surface area contributed by atoms with Crippen LogP contribution in [0.1, 0.15) is 12.8 Å². The summed E-state index contributed by atoms with van der Waals surface area (Å²) in [7, 11) is 0. The van der Waals surface area contributed by atoms with E-state index in [1.54, 1.807) is 0 Å². The molecule has 0 aliphatic carbocycles. The van der Waals surface area contributed by atoms with Crippen molar-refractivity contribution < 1.29 is 4.79 Å². The molecule has 1 unspecified atom stereocenters. The fourth-order valence-corrected chi connectivity index (χ4v) is 1.11. The molecule has 1 heterocycles. The Hall–Kier alpha value is -0.830. The maximum absolute atomic E-state index is 11.0. The number of carbonyl (C=O) groups excluding carboxylic acids is 1. The maximum atomic E-state index is 11.0. The molecule has 3 nitrogen and oxygen atoms in total. The smallest absolute Gasteiger partial charge is 0.151 e. The van der Waals surface area contributed by atoms with Crippen molar-refractivity contribution in [2.75, 3.05) is 6.54 Å². The third kappa shape index (κ3) is 1.57. The third-order valence-corrected chi connectivity index (χ3v) is 1.62. The van der Waals surface area contributed by atoms with Gasteiger partial charge in [-0.15, -0.1) is 0 Å². The lowest BCUT2D eigenvalue weighted by molar-refractivity contribution is -0.118. The quantitative estimate of drug-likeness (QED) is 0.557. The Morgan fingerprint density at radius 3 is 3.00 bits per heavy atom. The topological polar surface area (TPSA) is 55.1 Å². The first kappa shape index (κ1) is 7.28. The number of carbonyl (C=O) groups is 1. The van der Waals surface area contributed by atoms with Crippen LogP contribution in [0.3, 0.4) is 0 Å². The van der Waals surface area contributed by atoms with E-state index in [1.165, 1.54) is 0 Å². The summed E-state index contributed by atoms with van der Waals surface area (Å²) in [6.07, 6.45) is 1.22. The summed E-state index contributed by atoms with van der Waals surface area (Å²) in [6, 6.07) is -0.0579. The summed E-state index contributed by atoms with van der Waals surface area (Å²) >= 11 is 0. The molecule has 1 fully saturated rings. The van der Waals surface area contributed by atoms with Gasteiger partial charge in [-0.1, -0.05) is 6.58 Å². The molecule has 10 heavy (non-hydrogen) atoms. The first-order valence-electron chi connectivity index (χ1n) is 3.39. The van der Waals surface area contributed by atoms with Gasteiger partial charge in [0.05, 0.1) is 6.04 Å². The molecule has 56 valence electrons. The van der Waals surface area contributed by atoms with Crippen molar-refractivity contribution in [2.45, 2.75) is 18.9 Å². The second kappa shape index (κ2) is 2.84. The average Bonchev–Trinajstić information content (AvgIpc) is 2.15. The lowest BCUT2D eigenvalue weighted by Crippen LogP contribution is -2.28. The normalized spacial score (nSPS) is 25.2. The Labute approximate surface area is 60.3 Å². The van der Waals surface area contributed by atoms with Gasteiger partial charge in [-0.2, -0.15) is 0 Å². The van der Waals surface area contributed by atoms with E-state index in [2.05, 4.69) is 11.9 Å². The Bertz CT molecular complexity index is 165. The van der Waals surface area contributed by atoms with Crippen LogP contribution in [-0.2, 0) is 4.79 Å². The minimum absolute atomic E-state index is 0.0579. The van der Waals surface area contributed by atoms with Crippen molar-refractivity contribution in [3.63, 3.8) is 0 Å². The van der Waals surface area contributed by atoms with E-state index in [0.29, 0.717) is 18.5 Å². The molecule has 3 N–H and O–H groups in total. The molecule has 1 rings (SSSR count). The number of nitrogens with two attached hydrogens (primary N) is 1. The van der Waals surface area contributed by atoms with Crippen LogP contribution in [0.5, 0.6) is 0 Å². The van der Waals surface area contributed by atoms with Gasteiger partial charge in [0.2, 0.25) is 0 Å². The van der Waals surface area contributed by atoms with E-state index < -0.39 is 0 Å². The van der Waals surface area contributed by atoms with Gasteiger partial charge in [-0.25, -0.2) is 0 Å². The molecule has 0 saturated carbocycles. The highest BCUT2D eigenvalue weighted by Gasteiger charge is 2.23. The van der Waals surface area contributed by atoms with Gasteiger partial charge in [0.15, 0.2) is 5.78 Å². The average molecular weight is 140 g/mol. The Balaban J connectivity index is 2.40. The molecule has 0 aromatic heterocycles. The third-order valence-electron chi connectivity index (χ3n) is 1.62. The lowest BCUT2D eigenvalue weighted by atomic mass is 10.1. The van der Waals surface area contributed by atoms with Gasteiger partial charge in [-0.3, -0.25) is 4.79 Å². The standard InChI is InChI=1S/C7H12N2O/c1-5(8)4-6-7(10)2-3-9-6/h6,9H,1-4,8H2. The van der Waals surface area contributed by atoms with Crippen molar-refractivity contribution in [3.05, 3.63) is 12.3 Å². The lowest BCUT2D eigenvalue weighted by Gasteiger charge is -2.06. The molecule has 0 aromatic rings. The van der Waals surface area contributed by atoms with Crippen LogP contribution in [0.2, 0.25) is 0 Å². The fraction of sp³-hybridized carbons (Fsp3) is 0.571. The van der Waals surface area contributed by atoms with Crippen molar-refractivity contribution in [1.82, 2.24) is 5.32 Å². The maximum Gasteiger partial charge on any atom is 0.151 e. The van der Waals surface area contributed by atoms with Crippen molar-refractivity contribution in [2.24, 2.45) is 5.73 Å². The van der Waals surface area contributed by atoms with Gasteiger partial charge < -0.3 is 11.1 Å². The molecule has 1 aliphatic rings. The molecule has 0 bridgehead atoms. The zero-order chi connectivity index (χ0) is 7.56. The van der Waals surface area contributed by atoms with Gasteiger partial charge in [0.25, 0.3) is 0 Å². The SMILES string of the molecule is C=C(N)CC1NCCC1=O. The van der Waals surface area contributed by atoms with E-state index in [1.807, 2.05) is 0 Å². The molecule has 3 heteroatoms. The Morgan fingerprint density at radius 2 is 2.60 bits per heavy atom. The number of Topliss-reactive ketones (excluding diaryl/α,β-unsaturated/α-hetero) is 1. The highest BCUT2D eigenvalue weighted by molar-refractivity contribution is 5.86. The first-order valence-corrected chi connectivity index (χ1v) is 3.39. The molecule has 0 radical (unpaired) electrons. The van der Waals surface area contributed by atoms with Gasteiger partial charge >= 0.3 is 0 Å². The molecule has 0 amide bonds. The van der Waals surface area contributed by atoms with E-state index in [4.69, 9.17) is 5.73 Å². The minimum Gasteiger partial charge on any atom is -0.402 e. The first-order chi connectivity index (χ1) is 4.70. The summed E-state index contributed by atoms with van der Waals surface area (Å²) < 4.78 is 0. The van der Waals surface area contributed by atoms with E-state index in [0.717, 1.165) is 6.54 Å². The largest absolute Gasteiger partial charge is 0.402 e. The van der Waals surface area contributed by atoms with Crippen molar-refractivity contribution in [3.8, 4) is 0 Å². The summed E-state index contributed by atoms with van der Waals surface area (Å²) in [6.45, 7) is 4.33. The van der Waals surface area contributed by atoms with E-state index in [9.17, 15) is 4.79 Å². The Morgan fingerprint density at radius 1 is 1.90 bits per heavy atom. The summed E-state index contributed by atoms with van der Waals surface area (Å²) in [5.41, 5.74) is 5.92. The van der Waals surface area contributed by atoms with Crippen LogP contribution in [-0.4, -0.2) is 18.4 Å². The fourth-order valence-electron chi connectivity index (χ4n) is 1.11. The van der Waals surface area contributed by atoms with Crippen molar-refractivity contribution in [1.29, 1.82) is 0 Å². The van der Waals surface area contributed by atoms with Crippen LogP contribution in [0.25, 0.3) is 0 Å². The Kier molecular flexibility index (Phi) is 2.06. The van der Waals surface area contributed by atoms with Crippen LogP contribution in [0, 0.1) is 0 Å². The monoisotopic (exact) mass is 140 g/mol.